The van der Waals surface area contributed by atoms with Gasteiger partial charge in [-0.2, -0.15) is 0 Å². The van der Waals surface area contributed by atoms with Crippen LogP contribution in [0.5, 0.6) is 0 Å². The van der Waals surface area contributed by atoms with E-state index in [0.29, 0.717) is 0 Å². The lowest BCUT2D eigenvalue weighted by atomic mass is 9.73. The first-order chi connectivity index (χ1) is 10.2. The molecular weight excluding hydrogens is 286 g/mol. The molecule has 0 amide bonds. The third kappa shape index (κ3) is 2.74. The Morgan fingerprint density at radius 1 is 1.05 bits per heavy atom. The van der Waals surface area contributed by atoms with Crippen LogP contribution in [-0.4, -0.2) is 16.7 Å². The summed E-state index contributed by atoms with van der Waals surface area (Å²) in [6.07, 6.45) is 0.535. The highest BCUT2D eigenvalue weighted by Crippen LogP contribution is 2.42. The van der Waals surface area contributed by atoms with Crippen molar-refractivity contribution < 1.29 is 9.72 Å². The number of nitrogens with zero attached hydrogens (tertiary/aromatic N) is 1. The van der Waals surface area contributed by atoms with Crippen LogP contribution >= 0.6 is 11.3 Å². The summed E-state index contributed by atoms with van der Waals surface area (Å²) >= 11 is 1.49. The van der Waals surface area contributed by atoms with Crippen molar-refractivity contribution in [3.05, 3.63) is 68.4 Å². The Bertz CT molecular complexity index is 639. The van der Waals surface area contributed by atoms with Gasteiger partial charge < -0.3 is 0 Å². The van der Waals surface area contributed by atoms with Gasteiger partial charge in [0.2, 0.25) is 6.04 Å². The zero-order chi connectivity index (χ0) is 14.8. The highest BCUT2D eigenvalue weighted by atomic mass is 32.1. The number of carbonyl (C=O) groups is 1. The molecule has 1 fully saturated rings. The first-order valence-electron chi connectivity index (χ1n) is 6.90. The number of Topliss-reactive ketones (excluding diaryl/α,β-unsaturated/α-hetero) is 1. The Kier molecular flexibility index (Phi) is 3.84. The average Bonchev–Trinajstić information content (AvgIpc) is 3.01. The second kappa shape index (κ2) is 5.77. The van der Waals surface area contributed by atoms with E-state index >= 15 is 0 Å². The molecule has 1 aliphatic rings. The molecule has 1 aliphatic carbocycles. The molecule has 0 aliphatic heterocycles. The van der Waals surface area contributed by atoms with Gasteiger partial charge in [0.25, 0.3) is 0 Å². The van der Waals surface area contributed by atoms with E-state index in [-0.39, 0.29) is 35.4 Å². The van der Waals surface area contributed by atoms with Crippen LogP contribution in [0.2, 0.25) is 0 Å². The molecule has 1 aromatic heterocycles. The monoisotopic (exact) mass is 301 g/mol. The van der Waals surface area contributed by atoms with Gasteiger partial charge in [-0.25, -0.2) is 0 Å². The van der Waals surface area contributed by atoms with Crippen molar-refractivity contribution in [2.75, 3.05) is 0 Å². The molecule has 0 saturated heterocycles. The summed E-state index contributed by atoms with van der Waals surface area (Å²) in [6.45, 7) is 0. The van der Waals surface area contributed by atoms with Crippen LogP contribution in [-0.2, 0) is 4.79 Å². The fraction of sp³-hybridized carbons (Fsp3) is 0.312. The topological polar surface area (TPSA) is 60.2 Å². The van der Waals surface area contributed by atoms with Gasteiger partial charge in [-0.05, 0) is 17.0 Å². The Balaban J connectivity index is 2.02. The maximum atomic E-state index is 12.1. The predicted molar refractivity (Wildman–Crippen MR) is 81.3 cm³/mol. The first kappa shape index (κ1) is 13.9. The van der Waals surface area contributed by atoms with Gasteiger partial charge in [0.1, 0.15) is 5.78 Å². The van der Waals surface area contributed by atoms with E-state index in [1.807, 2.05) is 47.8 Å². The van der Waals surface area contributed by atoms with Gasteiger partial charge in [0.15, 0.2) is 0 Å². The van der Waals surface area contributed by atoms with Crippen molar-refractivity contribution in [2.45, 2.75) is 30.7 Å². The Labute approximate surface area is 126 Å². The van der Waals surface area contributed by atoms with Crippen LogP contribution in [0, 0.1) is 10.1 Å². The first-order valence-corrected chi connectivity index (χ1v) is 7.78. The second-order valence-electron chi connectivity index (χ2n) is 5.36. The molecule has 5 heteroatoms. The number of thiophene rings is 1. The van der Waals surface area contributed by atoms with Gasteiger partial charge in [0.05, 0.1) is 11.8 Å². The molecular formula is C16H15NO3S. The van der Waals surface area contributed by atoms with Crippen molar-refractivity contribution in [1.29, 1.82) is 0 Å². The summed E-state index contributed by atoms with van der Waals surface area (Å²) < 4.78 is 0. The van der Waals surface area contributed by atoms with Crippen molar-refractivity contribution in [2.24, 2.45) is 0 Å². The number of nitro groups is 1. The largest absolute Gasteiger partial charge is 0.300 e. The third-order valence-electron chi connectivity index (χ3n) is 4.10. The lowest BCUT2D eigenvalue weighted by Crippen LogP contribution is -2.40. The molecule has 3 rings (SSSR count). The van der Waals surface area contributed by atoms with Crippen LogP contribution < -0.4 is 0 Å². The molecule has 2 aromatic rings. The van der Waals surface area contributed by atoms with Crippen LogP contribution in [0.4, 0.5) is 0 Å². The standard InChI is InChI=1S/C16H15NO3S/c18-12-9-13(11-5-2-1-3-6-11)16(17(19)20)14(10-12)15-7-4-8-21-15/h1-8,13-14,16H,9-10H2/t13-,14-,16-/m0/s1. The van der Waals surface area contributed by atoms with Gasteiger partial charge in [-0.1, -0.05) is 36.4 Å². The van der Waals surface area contributed by atoms with E-state index in [4.69, 9.17) is 0 Å². The zero-order valence-corrected chi connectivity index (χ0v) is 12.2. The number of benzene rings is 1. The van der Waals surface area contributed by atoms with Crippen molar-refractivity contribution in [3.63, 3.8) is 0 Å². The fourth-order valence-electron chi connectivity index (χ4n) is 3.18. The Hall–Kier alpha value is -2.01. The minimum Gasteiger partial charge on any atom is -0.300 e. The minimum absolute atomic E-state index is 0.111. The maximum absolute atomic E-state index is 12.1. The van der Waals surface area contributed by atoms with Crippen LogP contribution in [0.3, 0.4) is 0 Å². The summed E-state index contributed by atoms with van der Waals surface area (Å²) in [5, 5.41) is 13.6. The van der Waals surface area contributed by atoms with E-state index in [9.17, 15) is 14.9 Å². The highest BCUT2D eigenvalue weighted by molar-refractivity contribution is 7.10. The number of rotatable bonds is 3. The molecule has 21 heavy (non-hydrogen) atoms. The molecule has 1 heterocycles. The minimum atomic E-state index is -0.733. The van der Waals surface area contributed by atoms with E-state index in [1.54, 1.807) is 0 Å². The number of ketones is 1. The molecule has 0 spiro atoms. The third-order valence-corrected chi connectivity index (χ3v) is 5.10. The molecule has 108 valence electrons. The molecule has 3 atom stereocenters. The molecule has 1 saturated carbocycles. The predicted octanol–water partition coefficient (Wildman–Crippen LogP) is 3.62. The van der Waals surface area contributed by atoms with Crippen molar-refractivity contribution >= 4 is 17.1 Å². The summed E-state index contributed by atoms with van der Waals surface area (Å²) in [7, 11) is 0. The van der Waals surface area contributed by atoms with Crippen LogP contribution in [0.15, 0.2) is 47.8 Å². The van der Waals surface area contributed by atoms with Gasteiger partial charge in [0, 0.05) is 22.6 Å². The van der Waals surface area contributed by atoms with Crippen molar-refractivity contribution in [3.8, 4) is 0 Å². The molecule has 0 radical (unpaired) electrons. The average molecular weight is 301 g/mol. The van der Waals surface area contributed by atoms with E-state index in [1.165, 1.54) is 11.3 Å². The number of hydrogen-bond acceptors (Lipinski definition) is 4. The quantitative estimate of drug-likeness (QED) is 0.642. The van der Waals surface area contributed by atoms with Gasteiger partial charge >= 0.3 is 0 Å². The van der Waals surface area contributed by atoms with Crippen LogP contribution in [0.1, 0.15) is 35.1 Å². The van der Waals surface area contributed by atoms with Gasteiger partial charge in [-0.15, -0.1) is 11.3 Å². The summed E-state index contributed by atoms with van der Waals surface area (Å²) in [5.41, 5.74) is 0.883. The summed E-state index contributed by atoms with van der Waals surface area (Å²) in [6, 6.07) is 12.4. The normalized spacial score (nSPS) is 25.7. The maximum Gasteiger partial charge on any atom is 0.228 e. The molecule has 4 nitrogen and oxygen atoms in total. The van der Waals surface area contributed by atoms with E-state index < -0.39 is 6.04 Å². The van der Waals surface area contributed by atoms with Crippen molar-refractivity contribution in [1.82, 2.24) is 0 Å². The SMILES string of the molecule is O=C1C[C@@H](c2ccccc2)[C@H]([N+](=O)[O-])[C@H](c2cccs2)C1. The molecule has 0 N–H and O–H groups in total. The fourth-order valence-corrected chi connectivity index (χ4v) is 4.05. The number of hydrogen-bond donors (Lipinski definition) is 0. The lowest BCUT2D eigenvalue weighted by molar-refractivity contribution is -0.532. The Morgan fingerprint density at radius 2 is 1.76 bits per heavy atom. The van der Waals surface area contributed by atoms with Gasteiger partial charge in [-0.3, -0.25) is 14.9 Å². The number of carbonyl (C=O) groups excluding carboxylic acids is 1. The van der Waals surface area contributed by atoms with Crippen LogP contribution in [0.25, 0.3) is 0 Å². The summed E-state index contributed by atoms with van der Waals surface area (Å²) in [5.74, 6) is -0.540. The van der Waals surface area contributed by atoms with E-state index in [2.05, 4.69) is 0 Å². The molecule has 0 bridgehead atoms. The molecule has 0 unspecified atom stereocenters. The second-order valence-corrected chi connectivity index (χ2v) is 6.34. The lowest BCUT2D eigenvalue weighted by Gasteiger charge is -2.31. The zero-order valence-electron chi connectivity index (χ0n) is 11.3. The summed E-state index contributed by atoms with van der Waals surface area (Å²) in [4.78, 5) is 24.5. The van der Waals surface area contributed by atoms with E-state index in [0.717, 1.165) is 10.4 Å². The smallest absolute Gasteiger partial charge is 0.228 e. The highest BCUT2D eigenvalue weighted by Gasteiger charge is 2.46. The Morgan fingerprint density at radius 3 is 2.38 bits per heavy atom. The molecule has 1 aromatic carbocycles.